The second kappa shape index (κ2) is 5.80. The molecule has 0 aliphatic heterocycles. The summed E-state index contributed by atoms with van der Waals surface area (Å²) in [6.07, 6.45) is 0. The number of carboxylic acids is 1. The molecule has 6 heteroatoms. The van der Waals surface area contributed by atoms with E-state index in [0.717, 1.165) is 0 Å². The fourth-order valence-electron chi connectivity index (χ4n) is 1.46. The smallest absolute Gasteiger partial charge is 0.325 e. The second-order valence-corrected chi connectivity index (χ2v) is 5.81. The monoisotopic (exact) mass is 304 g/mol. The van der Waals surface area contributed by atoms with Crippen molar-refractivity contribution in [1.29, 1.82) is 0 Å². The number of carboxylic acid groups (broad SMARTS) is 1. The third kappa shape index (κ3) is 4.40. The summed E-state index contributed by atoms with van der Waals surface area (Å²) in [4.78, 5) is 23.2. The molecule has 1 N–H and O–H groups in total. The molecule has 0 bridgehead atoms. The zero-order chi connectivity index (χ0) is 14.8. The SMILES string of the molecule is CC(C)(C)OC(=O)C(C(=O)O)c1ccc(Cl)cc1Cl. The maximum atomic E-state index is 11.9. The van der Waals surface area contributed by atoms with Gasteiger partial charge in [0.25, 0.3) is 0 Å². The molecular weight excluding hydrogens is 291 g/mol. The lowest BCUT2D eigenvalue weighted by atomic mass is 9.99. The van der Waals surface area contributed by atoms with E-state index in [2.05, 4.69) is 0 Å². The molecular formula is C13H14Cl2O4. The van der Waals surface area contributed by atoms with Gasteiger partial charge in [-0.1, -0.05) is 29.3 Å². The van der Waals surface area contributed by atoms with Crippen LogP contribution in [0, 0.1) is 0 Å². The van der Waals surface area contributed by atoms with E-state index >= 15 is 0 Å². The van der Waals surface area contributed by atoms with E-state index in [9.17, 15) is 14.7 Å². The minimum Gasteiger partial charge on any atom is -0.480 e. The Morgan fingerprint density at radius 2 is 1.84 bits per heavy atom. The summed E-state index contributed by atoms with van der Waals surface area (Å²) in [5.41, 5.74) is -0.614. The van der Waals surface area contributed by atoms with Crippen LogP contribution in [-0.2, 0) is 14.3 Å². The number of rotatable bonds is 3. The zero-order valence-corrected chi connectivity index (χ0v) is 12.2. The van der Waals surface area contributed by atoms with Crippen LogP contribution in [0.4, 0.5) is 0 Å². The fourth-order valence-corrected chi connectivity index (χ4v) is 1.97. The number of halogens is 2. The van der Waals surface area contributed by atoms with Crippen molar-refractivity contribution < 1.29 is 19.4 Å². The molecule has 19 heavy (non-hydrogen) atoms. The van der Waals surface area contributed by atoms with Gasteiger partial charge in [0.15, 0.2) is 5.92 Å². The highest BCUT2D eigenvalue weighted by Gasteiger charge is 2.34. The molecule has 0 saturated carbocycles. The van der Waals surface area contributed by atoms with Crippen molar-refractivity contribution in [2.24, 2.45) is 0 Å². The van der Waals surface area contributed by atoms with Crippen LogP contribution in [0.5, 0.6) is 0 Å². The van der Waals surface area contributed by atoms with Crippen LogP contribution in [0.2, 0.25) is 10.0 Å². The number of esters is 1. The van der Waals surface area contributed by atoms with Crippen molar-refractivity contribution >= 4 is 35.1 Å². The Balaban J connectivity index is 3.14. The molecule has 0 spiro atoms. The molecule has 1 atom stereocenters. The van der Waals surface area contributed by atoms with Gasteiger partial charge in [-0.2, -0.15) is 0 Å². The first kappa shape index (κ1) is 15.8. The van der Waals surface area contributed by atoms with Crippen molar-refractivity contribution in [2.75, 3.05) is 0 Å². The standard InChI is InChI=1S/C13H14Cl2O4/c1-13(2,3)19-12(18)10(11(16)17)8-5-4-7(14)6-9(8)15/h4-6,10H,1-3H3,(H,16,17). The number of benzene rings is 1. The first-order valence-corrected chi connectivity index (χ1v) is 6.28. The van der Waals surface area contributed by atoms with Gasteiger partial charge < -0.3 is 9.84 Å². The number of hydrogen-bond donors (Lipinski definition) is 1. The zero-order valence-electron chi connectivity index (χ0n) is 10.7. The summed E-state index contributed by atoms with van der Waals surface area (Å²) in [6, 6.07) is 4.27. The van der Waals surface area contributed by atoms with E-state index < -0.39 is 23.5 Å². The average Bonchev–Trinajstić information content (AvgIpc) is 2.18. The molecule has 1 aromatic rings. The first-order chi connectivity index (χ1) is 8.61. The molecule has 0 aromatic heterocycles. The summed E-state index contributed by atoms with van der Waals surface area (Å²) in [7, 11) is 0. The summed E-state index contributed by atoms with van der Waals surface area (Å²) < 4.78 is 5.09. The van der Waals surface area contributed by atoms with Crippen LogP contribution >= 0.6 is 23.2 Å². The van der Waals surface area contributed by atoms with Crippen molar-refractivity contribution in [2.45, 2.75) is 32.3 Å². The van der Waals surface area contributed by atoms with E-state index in [0.29, 0.717) is 5.02 Å². The Bertz CT molecular complexity index is 506. The number of aliphatic carboxylic acids is 1. The lowest BCUT2D eigenvalue weighted by Gasteiger charge is -2.22. The Morgan fingerprint density at radius 3 is 2.26 bits per heavy atom. The van der Waals surface area contributed by atoms with Gasteiger partial charge in [0.05, 0.1) is 0 Å². The van der Waals surface area contributed by atoms with Gasteiger partial charge in [0, 0.05) is 10.0 Å². The summed E-state index contributed by atoms with van der Waals surface area (Å²) in [5.74, 6) is -3.65. The Labute approximate surface area is 121 Å². The van der Waals surface area contributed by atoms with Crippen LogP contribution in [-0.4, -0.2) is 22.6 Å². The van der Waals surface area contributed by atoms with Gasteiger partial charge in [-0.15, -0.1) is 0 Å². The Kier molecular flexibility index (Phi) is 4.82. The molecule has 104 valence electrons. The quantitative estimate of drug-likeness (QED) is 0.685. The normalized spacial score (nSPS) is 12.9. The van der Waals surface area contributed by atoms with Gasteiger partial charge in [0.2, 0.25) is 0 Å². The number of ether oxygens (including phenoxy) is 1. The third-order valence-corrected chi connectivity index (χ3v) is 2.73. The van der Waals surface area contributed by atoms with Crippen molar-refractivity contribution in [1.82, 2.24) is 0 Å². The number of carbonyl (C=O) groups is 2. The van der Waals surface area contributed by atoms with E-state index in [1.165, 1.54) is 18.2 Å². The number of carbonyl (C=O) groups excluding carboxylic acids is 1. The molecule has 1 rings (SSSR count). The summed E-state index contributed by atoms with van der Waals surface area (Å²) in [6.45, 7) is 4.98. The highest BCUT2D eigenvalue weighted by Crippen LogP contribution is 2.29. The van der Waals surface area contributed by atoms with E-state index in [4.69, 9.17) is 27.9 Å². The summed E-state index contributed by atoms with van der Waals surface area (Å²) in [5, 5.41) is 9.67. The Hall–Kier alpha value is -1.26. The van der Waals surface area contributed by atoms with E-state index in [1.54, 1.807) is 20.8 Å². The highest BCUT2D eigenvalue weighted by atomic mass is 35.5. The maximum Gasteiger partial charge on any atom is 0.325 e. The Morgan fingerprint density at radius 1 is 1.26 bits per heavy atom. The van der Waals surface area contributed by atoms with Crippen molar-refractivity contribution in [3.05, 3.63) is 33.8 Å². The van der Waals surface area contributed by atoms with Crippen LogP contribution in [0.3, 0.4) is 0 Å². The lowest BCUT2D eigenvalue weighted by Crippen LogP contribution is -2.31. The molecule has 4 nitrogen and oxygen atoms in total. The van der Waals surface area contributed by atoms with E-state index in [1.807, 2.05) is 0 Å². The van der Waals surface area contributed by atoms with Gasteiger partial charge >= 0.3 is 11.9 Å². The maximum absolute atomic E-state index is 11.9. The molecule has 0 saturated heterocycles. The third-order valence-electron chi connectivity index (χ3n) is 2.16. The largest absolute Gasteiger partial charge is 0.480 e. The lowest BCUT2D eigenvalue weighted by molar-refractivity contribution is -0.162. The highest BCUT2D eigenvalue weighted by molar-refractivity contribution is 6.35. The molecule has 0 heterocycles. The van der Waals surface area contributed by atoms with Crippen molar-refractivity contribution in [3.8, 4) is 0 Å². The molecule has 0 radical (unpaired) electrons. The van der Waals surface area contributed by atoms with Crippen LogP contribution in [0.25, 0.3) is 0 Å². The van der Waals surface area contributed by atoms with Gasteiger partial charge in [-0.05, 0) is 38.5 Å². The molecule has 0 amide bonds. The van der Waals surface area contributed by atoms with Gasteiger partial charge in [0.1, 0.15) is 5.60 Å². The van der Waals surface area contributed by atoms with Gasteiger partial charge in [-0.25, -0.2) is 0 Å². The minimum atomic E-state index is -1.47. The molecule has 0 aliphatic rings. The predicted molar refractivity (Wildman–Crippen MR) is 72.7 cm³/mol. The molecule has 1 unspecified atom stereocenters. The fraction of sp³-hybridized carbons (Fsp3) is 0.385. The van der Waals surface area contributed by atoms with Crippen LogP contribution in [0.15, 0.2) is 18.2 Å². The van der Waals surface area contributed by atoms with Crippen LogP contribution in [0.1, 0.15) is 32.3 Å². The molecule has 0 aliphatic carbocycles. The van der Waals surface area contributed by atoms with E-state index in [-0.39, 0.29) is 10.6 Å². The van der Waals surface area contributed by atoms with Gasteiger partial charge in [-0.3, -0.25) is 9.59 Å². The summed E-state index contributed by atoms with van der Waals surface area (Å²) >= 11 is 11.7. The first-order valence-electron chi connectivity index (χ1n) is 5.52. The van der Waals surface area contributed by atoms with Crippen LogP contribution < -0.4 is 0 Å². The average molecular weight is 305 g/mol. The minimum absolute atomic E-state index is 0.116. The molecule has 1 aromatic carbocycles. The number of hydrogen-bond acceptors (Lipinski definition) is 3. The topological polar surface area (TPSA) is 63.6 Å². The second-order valence-electron chi connectivity index (χ2n) is 4.97. The molecule has 0 fully saturated rings. The predicted octanol–water partition coefficient (Wildman–Crippen LogP) is 3.50. The van der Waals surface area contributed by atoms with Crippen molar-refractivity contribution in [3.63, 3.8) is 0 Å².